The summed E-state index contributed by atoms with van der Waals surface area (Å²) in [4.78, 5) is 13.8. The standard InChI is InChI=1S/C14H19FN2O.ClH/c1-17(9-10-3-2-4-12(15)7-10)14(18)11-5-6-13(16)8-11;/h2-4,7,11,13H,5-6,8-9,16H2,1H3;1H. The fraction of sp³-hybridized carbons (Fsp3) is 0.500. The quantitative estimate of drug-likeness (QED) is 0.927. The van der Waals surface area contributed by atoms with E-state index in [-0.39, 0.29) is 36.1 Å². The SMILES string of the molecule is CN(Cc1cccc(F)c1)C(=O)C1CCC(N)C1.Cl. The van der Waals surface area contributed by atoms with Gasteiger partial charge in [-0.15, -0.1) is 12.4 Å². The highest BCUT2D eigenvalue weighted by molar-refractivity contribution is 5.85. The molecule has 1 amide bonds. The molecule has 0 bridgehead atoms. The third-order valence-electron chi connectivity index (χ3n) is 3.51. The van der Waals surface area contributed by atoms with Gasteiger partial charge < -0.3 is 10.6 Å². The molecule has 1 aromatic carbocycles. The smallest absolute Gasteiger partial charge is 0.225 e. The minimum absolute atomic E-state index is 0. The second-order valence-electron chi connectivity index (χ2n) is 5.09. The van der Waals surface area contributed by atoms with Crippen molar-refractivity contribution in [2.75, 3.05) is 7.05 Å². The average Bonchev–Trinajstić information content (AvgIpc) is 2.75. The lowest BCUT2D eigenvalue weighted by molar-refractivity contribution is -0.134. The fourth-order valence-corrected chi connectivity index (χ4v) is 2.54. The van der Waals surface area contributed by atoms with Crippen molar-refractivity contribution in [3.8, 4) is 0 Å². The lowest BCUT2D eigenvalue weighted by Gasteiger charge is -2.21. The Morgan fingerprint density at radius 3 is 2.79 bits per heavy atom. The zero-order valence-electron chi connectivity index (χ0n) is 11.0. The van der Waals surface area contributed by atoms with Crippen LogP contribution in [0, 0.1) is 11.7 Å². The Bertz CT molecular complexity index is 441. The van der Waals surface area contributed by atoms with Crippen molar-refractivity contribution in [1.82, 2.24) is 4.90 Å². The summed E-state index contributed by atoms with van der Waals surface area (Å²) in [5.41, 5.74) is 6.63. The lowest BCUT2D eigenvalue weighted by Crippen LogP contribution is -2.32. The Morgan fingerprint density at radius 1 is 1.47 bits per heavy atom. The van der Waals surface area contributed by atoms with E-state index in [0.29, 0.717) is 6.54 Å². The van der Waals surface area contributed by atoms with E-state index in [1.165, 1.54) is 12.1 Å². The molecule has 0 heterocycles. The van der Waals surface area contributed by atoms with Crippen molar-refractivity contribution in [3.05, 3.63) is 35.6 Å². The number of nitrogens with zero attached hydrogens (tertiary/aromatic N) is 1. The predicted octanol–water partition coefficient (Wildman–Crippen LogP) is 2.33. The Kier molecular flexibility index (Phi) is 5.76. The topological polar surface area (TPSA) is 46.3 Å². The minimum atomic E-state index is -0.267. The van der Waals surface area contributed by atoms with E-state index in [4.69, 9.17) is 5.73 Å². The molecule has 0 aromatic heterocycles. The average molecular weight is 287 g/mol. The molecular formula is C14H20ClFN2O. The molecule has 0 aliphatic heterocycles. The number of hydrogen-bond acceptors (Lipinski definition) is 2. The molecule has 19 heavy (non-hydrogen) atoms. The number of nitrogens with two attached hydrogens (primary N) is 1. The van der Waals surface area contributed by atoms with E-state index in [2.05, 4.69) is 0 Å². The van der Waals surface area contributed by atoms with Crippen LogP contribution in [0.1, 0.15) is 24.8 Å². The van der Waals surface area contributed by atoms with Crippen LogP contribution in [0.4, 0.5) is 4.39 Å². The summed E-state index contributed by atoms with van der Waals surface area (Å²) < 4.78 is 13.1. The van der Waals surface area contributed by atoms with Crippen LogP contribution < -0.4 is 5.73 Å². The molecule has 0 radical (unpaired) electrons. The highest BCUT2D eigenvalue weighted by Gasteiger charge is 2.29. The third-order valence-corrected chi connectivity index (χ3v) is 3.51. The number of carbonyl (C=O) groups is 1. The first kappa shape index (κ1) is 15.9. The largest absolute Gasteiger partial charge is 0.341 e. The first-order valence-electron chi connectivity index (χ1n) is 6.31. The van der Waals surface area contributed by atoms with Crippen LogP contribution >= 0.6 is 12.4 Å². The second kappa shape index (κ2) is 6.87. The number of amides is 1. The van der Waals surface area contributed by atoms with Crippen molar-refractivity contribution >= 4 is 18.3 Å². The van der Waals surface area contributed by atoms with E-state index < -0.39 is 0 Å². The summed E-state index contributed by atoms with van der Waals surface area (Å²) in [5, 5.41) is 0. The zero-order valence-corrected chi connectivity index (χ0v) is 11.8. The van der Waals surface area contributed by atoms with Crippen LogP contribution in [-0.2, 0) is 11.3 Å². The fourth-order valence-electron chi connectivity index (χ4n) is 2.54. The van der Waals surface area contributed by atoms with Gasteiger partial charge in [0.05, 0.1) is 0 Å². The third kappa shape index (κ3) is 4.18. The van der Waals surface area contributed by atoms with Gasteiger partial charge in [-0.05, 0) is 37.0 Å². The normalized spacial score (nSPS) is 21.8. The number of carbonyl (C=O) groups excluding carboxylic acids is 1. The summed E-state index contributed by atoms with van der Waals surface area (Å²) in [7, 11) is 1.76. The molecular weight excluding hydrogens is 267 g/mol. The molecule has 0 saturated heterocycles. The van der Waals surface area contributed by atoms with Crippen molar-refractivity contribution in [2.45, 2.75) is 31.8 Å². The van der Waals surface area contributed by atoms with Gasteiger partial charge in [0.25, 0.3) is 0 Å². The van der Waals surface area contributed by atoms with Crippen LogP contribution in [0.25, 0.3) is 0 Å². The van der Waals surface area contributed by atoms with E-state index in [1.807, 2.05) is 6.07 Å². The van der Waals surface area contributed by atoms with E-state index in [9.17, 15) is 9.18 Å². The van der Waals surface area contributed by atoms with Crippen molar-refractivity contribution < 1.29 is 9.18 Å². The van der Waals surface area contributed by atoms with Gasteiger partial charge in [-0.1, -0.05) is 12.1 Å². The molecule has 2 N–H and O–H groups in total. The molecule has 2 rings (SSSR count). The molecule has 3 nitrogen and oxygen atoms in total. The Balaban J connectivity index is 0.00000180. The first-order chi connectivity index (χ1) is 8.56. The summed E-state index contributed by atoms with van der Waals surface area (Å²) in [6.45, 7) is 0.447. The summed E-state index contributed by atoms with van der Waals surface area (Å²) >= 11 is 0. The second-order valence-corrected chi connectivity index (χ2v) is 5.09. The maximum absolute atomic E-state index is 13.1. The van der Waals surface area contributed by atoms with Crippen LogP contribution in [0.3, 0.4) is 0 Å². The van der Waals surface area contributed by atoms with Gasteiger partial charge in [-0.3, -0.25) is 4.79 Å². The van der Waals surface area contributed by atoms with E-state index in [1.54, 1.807) is 18.0 Å². The van der Waals surface area contributed by atoms with Gasteiger partial charge in [0.2, 0.25) is 5.91 Å². The molecule has 106 valence electrons. The Morgan fingerprint density at radius 2 is 2.21 bits per heavy atom. The highest BCUT2D eigenvalue weighted by Crippen LogP contribution is 2.26. The number of hydrogen-bond donors (Lipinski definition) is 1. The molecule has 5 heteroatoms. The molecule has 1 aliphatic rings. The Hall–Kier alpha value is -1.13. The molecule has 2 atom stereocenters. The van der Waals surface area contributed by atoms with Crippen LogP contribution in [0.5, 0.6) is 0 Å². The molecule has 2 unspecified atom stereocenters. The minimum Gasteiger partial charge on any atom is -0.341 e. The number of halogens is 2. The summed E-state index contributed by atoms with van der Waals surface area (Å²) in [5.74, 6) is -0.109. The van der Waals surface area contributed by atoms with Crippen molar-refractivity contribution in [1.29, 1.82) is 0 Å². The predicted molar refractivity (Wildman–Crippen MR) is 75.4 cm³/mol. The monoisotopic (exact) mass is 286 g/mol. The zero-order chi connectivity index (χ0) is 13.1. The maximum atomic E-state index is 13.1. The van der Waals surface area contributed by atoms with Gasteiger partial charge in [0.15, 0.2) is 0 Å². The summed E-state index contributed by atoms with van der Waals surface area (Å²) in [6.07, 6.45) is 2.56. The number of benzene rings is 1. The number of rotatable bonds is 3. The van der Waals surface area contributed by atoms with Gasteiger partial charge in [-0.2, -0.15) is 0 Å². The molecule has 1 fully saturated rings. The van der Waals surface area contributed by atoms with Gasteiger partial charge in [-0.25, -0.2) is 4.39 Å². The maximum Gasteiger partial charge on any atom is 0.225 e. The molecule has 1 aliphatic carbocycles. The molecule has 1 saturated carbocycles. The van der Waals surface area contributed by atoms with Crippen LogP contribution in [0.15, 0.2) is 24.3 Å². The molecule has 1 aromatic rings. The van der Waals surface area contributed by atoms with Gasteiger partial charge in [0, 0.05) is 25.6 Å². The lowest BCUT2D eigenvalue weighted by atomic mass is 10.1. The van der Waals surface area contributed by atoms with Crippen LogP contribution in [0.2, 0.25) is 0 Å². The molecule has 0 spiro atoms. The first-order valence-corrected chi connectivity index (χ1v) is 6.31. The van der Waals surface area contributed by atoms with Crippen molar-refractivity contribution in [2.24, 2.45) is 11.7 Å². The van der Waals surface area contributed by atoms with Crippen molar-refractivity contribution in [3.63, 3.8) is 0 Å². The van der Waals surface area contributed by atoms with Gasteiger partial charge in [0.1, 0.15) is 5.82 Å². The van der Waals surface area contributed by atoms with Gasteiger partial charge >= 0.3 is 0 Å². The van der Waals surface area contributed by atoms with E-state index in [0.717, 1.165) is 24.8 Å². The van der Waals surface area contributed by atoms with E-state index >= 15 is 0 Å². The highest BCUT2D eigenvalue weighted by atomic mass is 35.5. The summed E-state index contributed by atoms with van der Waals surface area (Å²) in [6, 6.07) is 6.51. The van der Waals surface area contributed by atoms with Crippen LogP contribution in [-0.4, -0.2) is 23.9 Å². The Labute approximate surface area is 119 Å².